The Morgan fingerprint density at radius 1 is 1.26 bits per heavy atom. The van der Waals surface area contributed by atoms with Gasteiger partial charge in [-0.3, -0.25) is 4.79 Å². The molecule has 2 rings (SSSR count). The molecule has 19 heavy (non-hydrogen) atoms. The molecule has 104 valence electrons. The molecule has 1 fully saturated rings. The molecular weight excluding hydrogens is 244 g/mol. The molecule has 0 atom stereocenters. The number of nitrogens with one attached hydrogen (secondary N) is 1. The highest BCUT2D eigenvalue weighted by molar-refractivity contribution is 5.99. The maximum absolute atomic E-state index is 12.3. The first-order chi connectivity index (χ1) is 8.97. The van der Waals surface area contributed by atoms with Crippen molar-refractivity contribution in [2.45, 2.75) is 25.3 Å². The van der Waals surface area contributed by atoms with Gasteiger partial charge >= 0.3 is 0 Å². The third-order valence-corrected chi connectivity index (χ3v) is 3.99. The second-order valence-corrected chi connectivity index (χ2v) is 5.27. The molecule has 0 aliphatic carbocycles. The van der Waals surface area contributed by atoms with Crippen LogP contribution in [0.4, 0.5) is 0 Å². The van der Waals surface area contributed by atoms with Gasteiger partial charge in [0, 0.05) is 18.6 Å². The Hall–Kier alpha value is -1.75. The van der Waals surface area contributed by atoms with E-state index in [1.165, 1.54) is 18.2 Å². The number of piperidine rings is 1. The zero-order valence-electron chi connectivity index (χ0n) is 11.3. The lowest BCUT2D eigenvalue weighted by atomic mass is 9.89. The van der Waals surface area contributed by atoms with Crippen LogP contribution in [0.15, 0.2) is 18.2 Å². The molecule has 0 aromatic heterocycles. The van der Waals surface area contributed by atoms with E-state index in [1.807, 2.05) is 7.05 Å². The maximum atomic E-state index is 12.3. The van der Waals surface area contributed by atoms with Crippen molar-refractivity contribution in [1.29, 1.82) is 0 Å². The summed E-state index contributed by atoms with van der Waals surface area (Å²) in [5, 5.41) is 22.7. The van der Waals surface area contributed by atoms with Gasteiger partial charge in [0.05, 0.1) is 0 Å². The molecule has 1 aliphatic heterocycles. The summed E-state index contributed by atoms with van der Waals surface area (Å²) in [6, 6.07) is 4.33. The Morgan fingerprint density at radius 2 is 1.79 bits per heavy atom. The molecule has 1 saturated heterocycles. The van der Waals surface area contributed by atoms with Crippen LogP contribution in [-0.2, 0) is 0 Å². The van der Waals surface area contributed by atoms with Crippen molar-refractivity contribution in [2.75, 3.05) is 20.1 Å². The number of hydrogen-bond acceptors (Lipinski definition) is 4. The number of carbonyl (C=O) groups is 1. The highest BCUT2D eigenvalue weighted by Crippen LogP contribution is 2.30. The minimum absolute atomic E-state index is 0.00411. The first-order valence-corrected chi connectivity index (χ1v) is 6.46. The first kappa shape index (κ1) is 13.7. The van der Waals surface area contributed by atoms with Crippen LogP contribution in [0.25, 0.3) is 0 Å². The zero-order chi connectivity index (χ0) is 14.0. The van der Waals surface area contributed by atoms with Gasteiger partial charge in [0.25, 0.3) is 5.91 Å². The molecule has 0 bridgehead atoms. The SMILES string of the molecule is CNC1(C)CCN(C(=O)c2c(O)cccc2O)CC1. The van der Waals surface area contributed by atoms with Crippen LogP contribution in [0.2, 0.25) is 0 Å². The Morgan fingerprint density at radius 3 is 2.26 bits per heavy atom. The lowest BCUT2D eigenvalue weighted by Gasteiger charge is -2.39. The first-order valence-electron chi connectivity index (χ1n) is 6.46. The summed E-state index contributed by atoms with van der Waals surface area (Å²) in [6.07, 6.45) is 1.70. The second kappa shape index (κ2) is 5.09. The molecule has 1 heterocycles. The average Bonchev–Trinajstić information content (AvgIpc) is 2.39. The second-order valence-electron chi connectivity index (χ2n) is 5.27. The summed E-state index contributed by atoms with van der Waals surface area (Å²) in [6.45, 7) is 3.36. The quantitative estimate of drug-likeness (QED) is 0.753. The predicted molar refractivity (Wildman–Crippen MR) is 72.4 cm³/mol. The molecule has 5 heteroatoms. The van der Waals surface area contributed by atoms with Gasteiger partial charge in [0.2, 0.25) is 0 Å². The number of carbonyl (C=O) groups excluding carboxylic acids is 1. The standard InChI is InChI=1S/C14H20N2O3/c1-14(15-2)6-8-16(9-7-14)13(19)12-10(17)4-3-5-11(12)18/h3-5,15,17-18H,6-9H2,1-2H3. The van der Waals surface area contributed by atoms with Crippen molar-refractivity contribution in [3.8, 4) is 11.5 Å². The summed E-state index contributed by atoms with van der Waals surface area (Å²) < 4.78 is 0. The smallest absolute Gasteiger partial charge is 0.261 e. The number of rotatable bonds is 2. The minimum atomic E-state index is -0.311. The minimum Gasteiger partial charge on any atom is -0.507 e. The van der Waals surface area contributed by atoms with Gasteiger partial charge < -0.3 is 20.4 Å². The van der Waals surface area contributed by atoms with Gasteiger partial charge in [0.1, 0.15) is 17.1 Å². The third kappa shape index (κ3) is 2.66. The van der Waals surface area contributed by atoms with Crippen molar-refractivity contribution in [2.24, 2.45) is 0 Å². The molecule has 1 aliphatic rings. The largest absolute Gasteiger partial charge is 0.507 e. The highest BCUT2D eigenvalue weighted by Gasteiger charge is 2.32. The third-order valence-electron chi connectivity index (χ3n) is 3.99. The average molecular weight is 264 g/mol. The number of nitrogens with zero attached hydrogens (tertiary/aromatic N) is 1. The van der Waals surface area contributed by atoms with Gasteiger partial charge in [-0.1, -0.05) is 6.07 Å². The number of likely N-dealkylation sites (tertiary alicyclic amines) is 1. The van der Waals surface area contributed by atoms with Crippen molar-refractivity contribution >= 4 is 5.91 Å². The number of amides is 1. The normalized spacial score (nSPS) is 18.3. The van der Waals surface area contributed by atoms with Gasteiger partial charge in [-0.05, 0) is 38.9 Å². The van der Waals surface area contributed by atoms with Crippen LogP contribution in [0.3, 0.4) is 0 Å². The van der Waals surface area contributed by atoms with Crippen LogP contribution in [0.1, 0.15) is 30.1 Å². The van der Waals surface area contributed by atoms with Crippen molar-refractivity contribution in [3.63, 3.8) is 0 Å². The predicted octanol–water partition coefficient (Wildman–Crippen LogP) is 1.31. The van der Waals surface area contributed by atoms with Gasteiger partial charge in [-0.15, -0.1) is 0 Å². The summed E-state index contributed by atoms with van der Waals surface area (Å²) in [7, 11) is 1.92. The molecular formula is C14H20N2O3. The molecule has 0 saturated carbocycles. The summed E-state index contributed by atoms with van der Waals surface area (Å²) >= 11 is 0. The Kier molecular flexibility index (Phi) is 3.66. The molecule has 1 aromatic carbocycles. The fourth-order valence-electron chi connectivity index (χ4n) is 2.36. The van der Waals surface area contributed by atoms with Crippen LogP contribution in [0, 0.1) is 0 Å². The Balaban J connectivity index is 2.14. The molecule has 1 amide bonds. The number of phenols is 2. The zero-order valence-corrected chi connectivity index (χ0v) is 11.3. The number of benzene rings is 1. The molecule has 0 spiro atoms. The Bertz CT molecular complexity index is 459. The van der Waals surface area contributed by atoms with Crippen LogP contribution < -0.4 is 5.32 Å². The lowest BCUT2D eigenvalue weighted by molar-refractivity contribution is 0.0656. The summed E-state index contributed by atoms with van der Waals surface area (Å²) in [4.78, 5) is 14.0. The van der Waals surface area contributed by atoms with Crippen LogP contribution in [0.5, 0.6) is 11.5 Å². The van der Waals surface area contributed by atoms with E-state index < -0.39 is 0 Å². The van der Waals surface area contributed by atoms with Crippen LogP contribution in [-0.4, -0.2) is 46.7 Å². The molecule has 5 nitrogen and oxygen atoms in total. The monoisotopic (exact) mass is 264 g/mol. The maximum Gasteiger partial charge on any atom is 0.261 e. The lowest BCUT2D eigenvalue weighted by Crippen LogP contribution is -2.51. The molecule has 0 radical (unpaired) electrons. The van der Waals surface area contributed by atoms with Gasteiger partial charge in [-0.25, -0.2) is 0 Å². The molecule has 1 aromatic rings. The topological polar surface area (TPSA) is 72.8 Å². The van der Waals surface area contributed by atoms with Crippen LogP contribution >= 0.6 is 0 Å². The summed E-state index contributed by atoms with van der Waals surface area (Å²) in [5.74, 6) is -0.660. The summed E-state index contributed by atoms with van der Waals surface area (Å²) in [5.41, 5.74) is 0.0490. The number of phenolic OH excluding ortho intramolecular Hbond substituents is 2. The van der Waals surface area contributed by atoms with Crippen molar-refractivity contribution in [3.05, 3.63) is 23.8 Å². The fourth-order valence-corrected chi connectivity index (χ4v) is 2.36. The van der Waals surface area contributed by atoms with E-state index in [0.717, 1.165) is 12.8 Å². The van der Waals surface area contributed by atoms with E-state index in [1.54, 1.807) is 4.90 Å². The van der Waals surface area contributed by atoms with E-state index >= 15 is 0 Å². The Labute approximate surface area is 112 Å². The fraction of sp³-hybridized carbons (Fsp3) is 0.500. The van der Waals surface area contributed by atoms with E-state index in [0.29, 0.717) is 13.1 Å². The van der Waals surface area contributed by atoms with Crippen molar-refractivity contribution in [1.82, 2.24) is 10.2 Å². The van der Waals surface area contributed by atoms with Gasteiger partial charge in [0.15, 0.2) is 0 Å². The van der Waals surface area contributed by atoms with E-state index in [2.05, 4.69) is 12.2 Å². The molecule has 0 unspecified atom stereocenters. The number of hydrogen-bond donors (Lipinski definition) is 3. The van der Waals surface area contributed by atoms with Gasteiger partial charge in [-0.2, -0.15) is 0 Å². The molecule has 3 N–H and O–H groups in total. The van der Waals surface area contributed by atoms with E-state index in [9.17, 15) is 15.0 Å². The van der Waals surface area contributed by atoms with E-state index in [-0.39, 0.29) is 28.5 Å². The van der Waals surface area contributed by atoms with Crippen molar-refractivity contribution < 1.29 is 15.0 Å². The van der Waals surface area contributed by atoms with E-state index in [4.69, 9.17) is 0 Å². The number of aromatic hydroxyl groups is 2. The highest BCUT2D eigenvalue weighted by atomic mass is 16.3.